The highest BCUT2D eigenvalue weighted by atomic mass is 32.1. The second-order valence-corrected chi connectivity index (χ2v) is 7.94. The van der Waals surface area contributed by atoms with E-state index in [-0.39, 0.29) is 5.56 Å². The zero-order chi connectivity index (χ0) is 20.7. The van der Waals surface area contributed by atoms with Crippen molar-refractivity contribution in [3.63, 3.8) is 0 Å². The molecule has 2 aromatic rings. The van der Waals surface area contributed by atoms with Gasteiger partial charge in [-0.05, 0) is 63.3 Å². The van der Waals surface area contributed by atoms with Gasteiger partial charge in [0.2, 0.25) is 0 Å². The van der Waals surface area contributed by atoms with Crippen LogP contribution in [0.4, 0.5) is 0 Å². The average Bonchev–Trinajstić information content (AvgIpc) is 2.68. The van der Waals surface area contributed by atoms with Crippen LogP contribution in [0, 0.1) is 6.92 Å². The van der Waals surface area contributed by atoms with Crippen LogP contribution in [0.3, 0.4) is 0 Å². The molecular formula is C22H35N4OS+. The molecule has 0 aliphatic carbocycles. The SMILES string of the molecule is CC[C@@H](C)NC(=S)N(CC[NH+](CC)CC)Cc1cc2cccc(C)c2[nH]c1=O. The van der Waals surface area contributed by atoms with Gasteiger partial charge < -0.3 is 20.1 Å². The van der Waals surface area contributed by atoms with E-state index in [2.05, 4.69) is 42.9 Å². The number of aromatic amines is 1. The van der Waals surface area contributed by atoms with Crippen LogP contribution in [-0.2, 0) is 6.54 Å². The number of hydrogen-bond donors (Lipinski definition) is 3. The van der Waals surface area contributed by atoms with E-state index in [9.17, 15) is 4.79 Å². The number of hydrogen-bond acceptors (Lipinski definition) is 2. The predicted octanol–water partition coefficient (Wildman–Crippen LogP) is 2.24. The van der Waals surface area contributed by atoms with Crippen molar-refractivity contribution in [2.24, 2.45) is 0 Å². The van der Waals surface area contributed by atoms with Crippen molar-refractivity contribution in [1.82, 2.24) is 15.2 Å². The molecule has 1 aromatic carbocycles. The molecule has 1 aromatic heterocycles. The number of H-pyrrole nitrogens is 1. The smallest absolute Gasteiger partial charge is 0.253 e. The van der Waals surface area contributed by atoms with Gasteiger partial charge in [-0.15, -0.1) is 0 Å². The molecule has 0 aliphatic rings. The van der Waals surface area contributed by atoms with Gasteiger partial charge in [0.1, 0.15) is 0 Å². The molecule has 0 unspecified atom stereocenters. The number of likely N-dealkylation sites (N-methyl/N-ethyl adjacent to an activating group) is 1. The number of quaternary nitrogens is 1. The number of aryl methyl sites for hydroxylation is 1. The molecule has 0 fully saturated rings. The van der Waals surface area contributed by atoms with Crippen LogP contribution in [0.25, 0.3) is 10.9 Å². The van der Waals surface area contributed by atoms with E-state index in [1.807, 2.05) is 31.2 Å². The first kappa shape index (κ1) is 22.4. The molecule has 0 saturated heterocycles. The largest absolute Gasteiger partial charge is 0.360 e. The van der Waals surface area contributed by atoms with Gasteiger partial charge in [0, 0.05) is 11.6 Å². The Morgan fingerprint density at radius 3 is 2.64 bits per heavy atom. The maximum Gasteiger partial charge on any atom is 0.253 e. The lowest BCUT2D eigenvalue weighted by Crippen LogP contribution is -3.12. The number of benzene rings is 1. The van der Waals surface area contributed by atoms with E-state index in [4.69, 9.17) is 12.2 Å². The number of para-hydroxylation sites is 1. The van der Waals surface area contributed by atoms with Gasteiger partial charge in [-0.3, -0.25) is 4.79 Å². The van der Waals surface area contributed by atoms with Crippen LogP contribution in [0.1, 0.15) is 45.2 Å². The maximum atomic E-state index is 12.7. The third kappa shape index (κ3) is 5.79. The van der Waals surface area contributed by atoms with Gasteiger partial charge in [0.25, 0.3) is 5.56 Å². The van der Waals surface area contributed by atoms with E-state index in [0.717, 1.165) is 59.7 Å². The molecule has 154 valence electrons. The molecular weight excluding hydrogens is 368 g/mol. The third-order valence-electron chi connectivity index (χ3n) is 5.53. The Morgan fingerprint density at radius 1 is 1.29 bits per heavy atom. The van der Waals surface area contributed by atoms with Crippen LogP contribution in [-0.4, -0.2) is 47.2 Å². The Balaban J connectivity index is 2.27. The fourth-order valence-corrected chi connectivity index (χ4v) is 3.66. The topological polar surface area (TPSA) is 52.6 Å². The van der Waals surface area contributed by atoms with Crippen LogP contribution in [0.5, 0.6) is 0 Å². The lowest BCUT2D eigenvalue weighted by Gasteiger charge is -2.29. The van der Waals surface area contributed by atoms with Gasteiger partial charge in [0.15, 0.2) is 5.11 Å². The van der Waals surface area contributed by atoms with Crippen LogP contribution in [0.15, 0.2) is 29.1 Å². The summed E-state index contributed by atoms with van der Waals surface area (Å²) in [5.74, 6) is 0. The first-order valence-electron chi connectivity index (χ1n) is 10.4. The fourth-order valence-electron chi connectivity index (χ4n) is 3.30. The van der Waals surface area contributed by atoms with Gasteiger partial charge in [-0.1, -0.05) is 25.1 Å². The molecule has 0 aliphatic heterocycles. The number of aromatic nitrogens is 1. The molecule has 6 heteroatoms. The summed E-state index contributed by atoms with van der Waals surface area (Å²) >= 11 is 5.69. The van der Waals surface area contributed by atoms with Gasteiger partial charge in [-0.2, -0.15) is 0 Å². The number of pyridine rings is 1. The Labute approximate surface area is 174 Å². The van der Waals surface area contributed by atoms with Crippen molar-refractivity contribution in [3.8, 4) is 0 Å². The molecule has 5 nitrogen and oxygen atoms in total. The van der Waals surface area contributed by atoms with Crippen molar-refractivity contribution in [2.45, 2.75) is 53.6 Å². The lowest BCUT2D eigenvalue weighted by molar-refractivity contribution is -0.895. The summed E-state index contributed by atoms with van der Waals surface area (Å²) in [4.78, 5) is 19.4. The zero-order valence-corrected chi connectivity index (χ0v) is 18.7. The molecule has 0 spiro atoms. The Morgan fingerprint density at radius 2 is 2.00 bits per heavy atom. The number of nitrogens with zero attached hydrogens (tertiary/aromatic N) is 1. The van der Waals surface area contributed by atoms with Gasteiger partial charge in [-0.25, -0.2) is 0 Å². The lowest BCUT2D eigenvalue weighted by atomic mass is 10.1. The molecule has 1 heterocycles. The van der Waals surface area contributed by atoms with Crippen molar-refractivity contribution < 1.29 is 4.90 Å². The molecule has 1 atom stereocenters. The third-order valence-corrected chi connectivity index (χ3v) is 5.91. The zero-order valence-electron chi connectivity index (χ0n) is 17.9. The monoisotopic (exact) mass is 403 g/mol. The first-order valence-corrected chi connectivity index (χ1v) is 10.8. The Hall–Kier alpha value is -1.92. The highest BCUT2D eigenvalue weighted by Gasteiger charge is 2.17. The second-order valence-electron chi connectivity index (χ2n) is 7.55. The van der Waals surface area contributed by atoms with Gasteiger partial charge in [0.05, 0.1) is 38.2 Å². The van der Waals surface area contributed by atoms with Crippen molar-refractivity contribution in [3.05, 3.63) is 45.7 Å². The minimum atomic E-state index is -0.0340. The van der Waals surface area contributed by atoms with E-state index in [1.165, 1.54) is 4.90 Å². The highest BCUT2D eigenvalue weighted by molar-refractivity contribution is 7.80. The number of fused-ring (bicyclic) bond motifs is 1. The summed E-state index contributed by atoms with van der Waals surface area (Å²) < 4.78 is 0. The summed E-state index contributed by atoms with van der Waals surface area (Å²) in [6.45, 7) is 15.2. The van der Waals surface area contributed by atoms with Crippen molar-refractivity contribution in [2.75, 3.05) is 26.2 Å². The first-order chi connectivity index (χ1) is 13.4. The number of nitrogens with one attached hydrogen (secondary N) is 3. The number of rotatable bonds is 9. The van der Waals surface area contributed by atoms with Crippen molar-refractivity contribution >= 4 is 28.2 Å². The molecule has 0 radical (unpaired) electrons. The average molecular weight is 404 g/mol. The van der Waals surface area contributed by atoms with Crippen molar-refractivity contribution in [1.29, 1.82) is 0 Å². The second kappa shape index (κ2) is 10.6. The summed E-state index contributed by atoms with van der Waals surface area (Å²) in [5, 5.41) is 5.20. The summed E-state index contributed by atoms with van der Waals surface area (Å²) in [6.07, 6.45) is 1.01. The van der Waals surface area contributed by atoms with Crippen LogP contribution < -0.4 is 15.8 Å². The van der Waals surface area contributed by atoms with E-state index in [0.29, 0.717) is 12.6 Å². The van der Waals surface area contributed by atoms with Gasteiger partial charge >= 0.3 is 0 Å². The number of thiocarbonyl (C=S) groups is 1. The normalized spacial score (nSPS) is 12.4. The Bertz CT molecular complexity index is 844. The van der Waals surface area contributed by atoms with E-state index in [1.54, 1.807) is 0 Å². The maximum absolute atomic E-state index is 12.7. The molecule has 0 bridgehead atoms. The predicted molar refractivity (Wildman–Crippen MR) is 122 cm³/mol. The standard InChI is InChI=1S/C22H34N4OS/c1-6-17(5)23-22(28)26(13-12-25(7-2)8-3)15-19-14-18-11-9-10-16(4)20(18)24-21(19)27/h9-11,14,17H,6-8,12-13,15H2,1-5H3,(H,23,28)(H,24,27)/p+1/t17-/m1/s1. The fraction of sp³-hybridized carbons (Fsp3) is 0.545. The highest BCUT2D eigenvalue weighted by Crippen LogP contribution is 2.15. The summed E-state index contributed by atoms with van der Waals surface area (Å²) in [7, 11) is 0. The molecule has 3 N–H and O–H groups in total. The molecule has 28 heavy (non-hydrogen) atoms. The van der Waals surface area contributed by atoms with E-state index < -0.39 is 0 Å². The van der Waals surface area contributed by atoms with Crippen LogP contribution >= 0.6 is 12.2 Å². The Kier molecular flexibility index (Phi) is 8.45. The molecule has 2 rings (SSSR count). The molecule has 0 saturated carbocycles. The summed E-state index contributed by atoms with van der Waals surface area (Å²) in [6, 6.07) is 8.40. The minimum Gasteiger partial charge on any atom is -0.360 e. The minimum absolute atomic E-state index is 0.0340. The van der Waals surface area contributed by atoms with E-state index >= 15 is 0 Å². The quantitative estimate of drug-likeness (QED) is 0.562. The van der Waals surface area contributed by atoms with Crippen LogP contribution in [0.2, 0.25) is 0 Å². The molecule has 0 amide bonds. The summed E-state index contributed by atoms with van der Waals surface area (Å²) in [5.41, 5.74) is 2.71.